The summed E-state index contributed by atoms with van der Waals surface area (Å²) in [5, 5.41) is 8.37. The Labute approximate surface area is 135 Å². The van der Waals surface area contributed by atoms with Gasteiger partial charge in [-0.2, -0.15) is 0 Å². The van der Waals surface area contributed by atoms with Gasteiger partial charge in [-0.15, -0.1) is 0 Å². The number of ether oxygens (including phenoxy) is 1. The van der Waals surface area contributed by atoms with Gasteiger partial charge in [0, 0.05) is 6.07 Å². The molecule has 4 rings (SSSR count). The smallest absolute Gasteiger partial charge is 0.481 e. The Bertz CT molecular complexity index is 487. The zero-order chi connectivity index (χ0) is 12.1. The minimum absolute atomic E-state index is 0. The molecule has 2 bridgehead atoms. The third-order valence-corrected chi connectivity index (χ3v) is 2.24. The maximum absolute atomic E-state index is 10.2. The third-order valence-electron chi connectivity index (χ3n) is 2.24. The zero-order valence-electron chi connectivity index (χ0n) is 11.2. The molecule has 0 saturated carbocycles. The number of aliphatic carboxylic acids is 1. The van der Waals surface area contributed by atoms with Gasteiger partial charge in [0.05, 0.1) is 6.42 Å². The first-order valence-electron chi connectivity index (χ1n) is 5.28. The first-order chi connectivity index (χ1) is 8.24. The van der Waals surface area contributed by atoms with E-state index in [0.29, 0.717) is 0 Å². The molecule has 94 valence electrons. The van der Waals surface area contributed by atoms with E-state index in [1.54, 1.807) is 12.1 Å². The molecule has 0 aromatic heterocycles. The fourth-order valence-electron chi connectivity index (χ4n) is 1.45. The van der Waals surface area contributed by atoms with Crippen LogP contribution in [-0.4, -0.2) is 11.1 Å². The Kier molecular flexibility index (Phi) is 8.16. The molecule has 0 atom stereocenters. The van der Waals surface area contributed by atoms with Gasteiger partial charge in [-0.05, 0) is 17.7 Å². The average Bonchev–Trinajstić information content (AvgIpc) is 2.30. The molecule has 0 spiro atoms. The number of carboxylic acids is 1. The molecule has 0 fully saturated rings. The second-order valence-electron chi connectivity index (χ2n) is 3.63. The standard InChI is InChI=1S/C8H8O2.C6H4O.CH3.Na/c9-8(10)6-7-4-2-1-3-5-7;1-2-5-4-6(3-1)7-5;;/h1-5H,6H2,(H,9,10);1-4H;1H3;/q;;-1;+1. The molecule has 2 aromatic rings. The van der Waals surface area contributed by atoms with E-state index in [1.807, 2.05) is 42.5 Å². The monoisotopic (exact) mass is 266 g/mol. The molecule has 0 amide bonds. The summed E-state index contributed by atoms with van der Waals surface area (Å²) in [6.07, 6.45) is 0.112. The normalized spacial score (nSPS) is 9.26. The van der Waals surface area contributed by atoms with Gasteiger partial charge >= 0.3 is 35.5 Å². The fourth-order valence-corrected chi connectivity index (χ4v) is 1.45. The van der Waals surface area contributed by atoms with Crippen LogP contribution in [0.5, 0.6) is 11.5 Å². The van der Waals surface area contributed by atoms with Crippen molar-refractivity contribution in [2.75, 3.05) is 0 Å². The predicted octanol–water partition coefficient (Wildman–Crippen LogP) is 0.560. The van der Waals surface area contributed by atoms with Crippen LogP contribution >= 0.6 is 0 Å². The van der Waals surface area contributed by atoms with Crippen molar-refractivity contribution in [3.63, 3.8) is 0 Å². The van der Waals surface area contributed by atoms with Crippen molar-refractivity contribution in [2.45, 2.75) is 6.42 Å². The Hall–Kier alpha value is -1.29. The van der Waals surface area contributed by atoms with Crippen LogP contribution in [0.15, 0.2) is 54.6 Å². The van der Waals surface area contributed by atoms with Crippen LogP contribution in [0.1, 0.15) is 5.56 Å². The van der Waals surface area contributed by atoms with E-state index in [9.17, 15) is 4.79 Å². The van der Waals surface area contributed by atoms with E-state index < -0.39 is 5.97 Å². The Morgan fingerprint density at radius 1 is 1.00 bits per heavy atom. The van der Waals surface area contributed by atoms with Gasteiger partial charge in [0.2, 0.25) is 0 Å². The van der Waals surface area contributed by atoms with Crippen molar-refractivity contribution in [3.8, 4) is 11.5 Å². The molecular weight excluding hydrogens is 251 g/mol. The van der Waals surface area contributed by atoms with E-state index in [1.165, 1.54) is 0 Å². The van der Waals surface area contributed by atoms with Crippen molar-refractivity contribution < 1.29 is 44.2 Å². The second kappa shape index (κ2) is 8.75. The van der Waals surface area contributed by atoms with E-state index in [0.717, 1.165) is 17.1 Å². The summed E-state index contributed by atoms with van der Waals surface area (Å²) in [5.74, 6) is 1.18. The van der Waals surface area contributed by atoms with Crippen molar-refractivity contribution in [2.24, 2.45) is 0 Å². The maximum atomic E-state index is 10.2. The summed E-state index contributed by atoms with van der Waals surface area (Å²) in [4.78, 5) is 10.2. The van der Waals surface area contributed by atoms with Crippen LogP contribution in [0.25, 0.3) is 0 Å². The number of carbonyl (C=O) groups is 1. The van der Waals surface area contributed by atoms with Crippen LogP contribution in [0, 0.1) is 7.43 Å². The molecule has 1 N–H and O–H groups in total. The molecule has 2 aliphatic rings. The third kappa shape index (κ3) is 5.92. The molecule has 0 saturated heterocycles. The second-order valence-corrected chi connectivity index (χ2v) is 3.63. The topological polar surface area (TPSA) is 46.5 Å². The first kappa shape index (κ1) is 17.7. The Morgan fingerprint density at radius 2 is 1.53 bits per heavy atom. The summed E-state index contributed by atoms with van der Waals surface area (Å²) >= 11 is 0. The molecule has 0 aliphatic carbocycles. The van der Waals surface area contributed by atoms with Gasteiger partial charge in [0.25, 0.3) is 0 Å². The van der Waals surface area contributed by atoms with Gasteiger partial charge < -0.3 is 17.3 Å². The molecular formula is C15H15NaO3. The summed E-state index contributed by atoms with van der Waals surface area (Å²) < 4.78 is 5.01. The largest absolute Gasteiger partial charge is 1.00 e. The number of benzene rings is 2. The molecule has 0 radical (unpaired) electrons. The van der Waals surface area contributed by atoms with Gasteiger partial charge in [0.15, 0.2) is 0 Å². The molecule has 2 aromatic carbocycles. The van der Waals surface area contributed by atoms with Gasteiger partial charge in [-0.25, -0.2) is 0 Å². The van der Waals surface area contributed by atoms with E-state index in [4.69, 9.17) is 9.84 Å². The summed E-state index contributed by atoms with van der Waals surface area (Å²) in [7, 11) is 0. The number of rotatable bonds is 2. The Balaban J connectivity index is 0.000000320. The summed E-state index contributed by atoms with van der Waals surface area (Å²) in [6.45, 7) is 0. The van der Waals surface area contributed by atoms with E-state index >= 15 is 0 Å². The van der Waals surface area contributed by atoms with Crippen molar-refractivity contribution in [3.05, 3.63) is 67.6 Å². The van der Waals surface area contributed by atoms with Gasteiger partial charge in [0.1, 0.15) is 11.5 Å². The molecule has 2 aliphatic heterocycles. The van der Waals surface area contributed by atoms with Crippen molar-refractivity contribution >= 4 is 5.97 Å². The zero-order valence-corrected chi connectivity index (χ0v) is 13.2. The predicted molar refractivity (Wildman–Crippen MR) is 70.7 cm³/mol. The van der Waals surface area contributed by atoms with Crippen LogP contribution < -0.4 is 34.3 Å². The van der Waals surface area contributed by atoms with Crippen LogP contribution in [-0.2, 0) is 11.2 Å². The molecule has 2 heterocycles. The van der Waals surface area contributed by atoms with E-state index in [-0.39, 0.29) is 43.4 Å². The summed E-state index contributed by atoms with van der Waals surface area (Å²) in [6, 6.07) is 17.0. The minimum Gasteiger partial charge on any atom is -0.481 e. The molecule has 19 heavy (non-hydrogen) atoms. The van der Waals surface area contributed by atoms with Crippen molar-refractivity contribution in [1.29, 1.82) is 0 Å². The fraction of sp³-hybridized carbons (Fsp3) is 0.0667. The number of hydrogen-bond acceptors (Lipinski definition) is 2. The van der Waals surface area contributed by atoms with Gasteiger partial charge in [-0.1, -0.05) is 36.4 Å². The van der Waals surface area contributed by atoms with Crippen LogP contribution in [0.4, 0.5) is 0 Å². The van der Waals surface area contributed by atoms with E-state index in [2.05, 4.69) is 0 Å². The summed E-state index contributed by atoms with van der Waals surface area (Å²) in [5.41, 5.74) is 0.843. The molecule has 3 nitrogen and oxygen atoms in total. The van der Waals surface area contributed by atoms with Crippen LogP contribution in [0.2, 0.25) is 0 Å². The minimum atomic E-state index is -0.786. The number of hydrogen-bond donors (Lipinski definition) is 1. The molecule has 4 heteroatoms. The maximum Gasteiger partial charge on any atom is 1.00 e. The van der Waals surface area contributed by atoms with Crippen molar-refractivity contribution in [1.82, 2.24) is 0 Å². The number of carboxylic acid groups (broad SMARTS) is 1. The van der Waals surface area contributed by atoms with Crippen LogP contribution in [0.3, 0.4) is 0 Å². The quantitative estimate of drug-likeness (QED) is 0.544. The SMILES string of the molecule is O=C(O)Cc1ccccc1.[CH3-].[Na+].c1cc2cc(c1)O2. The first-order valence-corrected chi connectivity index (χ1v) is 5.28. The Morgan fingerprint density at radius 3 is 1.84 bits per heavy atom. The number of fused-ring (bicyclic) bond motifs is 2. The van der Waals surface area contributed by atoms with Gasteiger partial charge in [-0.3, -0.25) is 4.79 Å². The average molecular weight is 266 g/mol. The molecule has 0 unspecified atom stereocenters.